The Morgan fingerprint density at radius 2 is 2.10 bits per heavy atom. The normalized spacial score (nSPS) is 15.1. The van der Waals surface area contributed by atoms with Crippen molar-refractivity contribution in [1.82, 2.24) is 14.5 Å². The molecule has 0 bridgehead atoms. The number of rotatable bonds is 2. The van der Waals surface area contributed by atoms with E-state index in [0.717, 1.165) is 24.2 Å². The lowest BCUT2D eigenvalue weighted by atomic mass is 10.1. The Morgan fingerprint density at radius 3 is 2.90 bits per heavy atom. The highest BCUT2D eigenvalue weighted by molar-refractivity contribution is 5.68. The van der Waals surface area contributed by atoms with Crippen LogP contribution in [0.25, 0.3) is 5.57 Å². The molecule has 2 aromatic heterocycles. The van der Waals surface area contributed by atoms with Gasteiger partial charge in [0.05, 0.1) is 5.69 Å². The summed E-state index contributed by atoms with van der Waals surface area (Å²) in [5, 5.41) is 0. The highest BCUT2D eigenvalue weighted by Gasteiger charge is 2.18. The maximum absolute atomic E-state index is 12.1. The molecule has 0 radical (unpaired) electrons. The molecule has 0 saturated carbocycles. The molecule has 2 aromatic rings. The van der Waals surface area contributed by atoms with Gasteiger partial charge < -0.3 is 9.47 Å². The lowest BCUT2D eigenvalue weighted by Crippen LogP contribution is -2.36. The third-order valence-electron chi connectivity index (χ3n) is 3.44. The number of aromatic nitrogens is 3. The van der Waals surface area contributed by atoms with Crippen LogP contribution < -0.4 is 10.5 Å². The van der Waals surface area contributed by atoms with E-state index in [9.17, 15) is 4.79 Å². The van der Waals surface area contributed by atoms with Crippen molar-refractivity contribution >= 4 is 11.4 Å². The summed E-state index contributed by atoms with van der Waals surface area (Å²) in [6, 6.07) is 5.87. The summed E-state index contributed by atoms with van der Waals surface area (Å²) in [6.07, 6.45) is 8.20. The maximum Gasteiger partial charge on any atom is 0.293 e. The summed E-state index contributed by atoms with van der Waals surface area (Å²) < 4.78 is 1.56. The summed E-state index contributed by atoms with van der Waals surface area (Å²) in [7, 11) is 1.74. The van der Waals surface area contributed by atoms with Crippen LogP contribution in [0.3, 0.4) is 0 Å². The quantitative estimate of drug-likeness (QED) is 0.827. The lowest BCUT2D eigenvalue weighted by Gasteiger charge is -2.27. The number of hydrogen-bond donors (Lipinski definition) is 0. The van der Waals surface area contributed by atoms with Crippen LogP contribution in [0.15, 0.2) is 47.7 Å². The minimum Gasteiger partial charge on any atom is -0.347 e. The first-order valence-electron chi connectivity index (χ1n) is 6.63. The summed E-state index contributed by atoms with van der Waals surface area (Å²) in [5.74, 6) is 0.511. The molecule has 3 rings (SSSR count). The van der Waals surface area contributed by atoms with Crippen LogP contribution in [-0.4, -0.2) is 27.6 Å². The van der Waals surface area contributed by atoms with E-state index in [1.807, 2.05) is 23.1 Å². The highest BCUT2D eigenvalue weighted by atomic mass is 16.1. The molecule has 1 aliphatic heterocycles. The Kier molecular flexibility index (Phi) is 3.33. The van der Waals surface area contributed by atoms with Crippen molar-refractivity contribution < 1.29 is 0 Å². The molecule has 0 spiro atoms. The molecule has 102 valence electrons. The molecule has 1 aliphatic rings. The molecule has 0 saturated heterocycles. The van der Waals surface area contributed by atoms with Gasteiger partial charge in [-0.05, 0) is 24.1 Å². The van der Waals surface area contributed by atoms with Crippen LogP contribution in [-0.2, 0) is 7.05 Å². The van der Waals surface area contributed by atoms with Gasteiger partial charge in [-0.2, -0.15) is 0 Å². The third kappa shape index (κ3) is 2.34. The number of aryl methyl sites for hydroxylation is 1. The first kappa shape index (κ1) is 12.6. The van der Waals surface area contributed by atoms with Crippen molar-refractivity contribution in [3.8, 4) is 0 Å². The number of nitrogens with zero attached hydrogens (tertiary/aromatic N) is 4. The maximum atomic E-state index is 12.1. The van der Waals surface area contributed by atoms with E-state index < -0.39 is 0 Å². The topological polar surface area (TPSA) is 51.0 Å². The Hall–Kier alpha value is -2.43. The molecule has 5 heteroatoms. The van der Waals surface area contributed by atoms with Gasteiger partial charge in [-0.1, -0.05) is 12.1 Å². The van der Waals surface area contributed by atoms with Crippen molar-refractivity contribution in [1.29, 1.82) is 0 Å². The van der Waals surface area contributed by atoms with Crippen molar-refractivity contribution in [3.05, 3.63) is 58.9 Å². The molecule has 5 nitrogen and oxygen atoms in total. The number of pyridine rings is 1. The average molecular weight is 268 g/mol. The molecular weight excluding hydrogens is 252 g/mol. The Bertz CT molecular complexity index is 691. The second kappa shape index (κ2) is 5.28. The molecule has 20 heavy (non-hydrogen) atoms. The Labute approximate surface area is 117 Å². The molecule has 0 amide bonds. The van der Waals surface area contributed by atoms with Crippen molar-refractivity contribution in [2.45, 2.75) is 6.42 Å². The lowest BCUT2D eigenvalue weighted by molar-refractivity contribution is 0.769. The van der Waals surface area contributed by atoms with Gasteiger partial charge in [-0.15, -0.1) is 0 Å². The molecular formula is C15H16N4O. The van der Waals surface area contributed by atoms with Crippen LogP contribution in [0.5, 0.6) is 0 Å². The van der Waals surface area contributed by atoms with E-state index in [2.05, 4.69) is 16.0 Å². The Morgan fingerprint density at radius 1 is 1.20 bits per heavy atom. The van der Waals surface area contributed by atoms with E-state index in [-0.39, 0.29) is 5.56 Å². The molecule has 0 N–H and O–H groups in total. The molecule has 3 heterocycles. The van der Waals surface area contributed by atoms with Crippen molar-refractivity contribution in [2.75, 3.05) is 18.0 Å². The van der Waals surface area contributed by atoms with Gasteiger partial charge in [0.1, 0.15) is 0 Å². The minimum absolute atomic E-state index is 0.0604. The van der Waals surface area contributed by atoms with Gasteiger partial charge in [0.2, 0.25) is 0 Å². The third-order valence-corrected chi connectivity index (χ3v) is 3.44. The Balaban J connectivity index is 1.90. The highest BCUT2D eigenvalue weighted by Crippen LogP contribution is 2.20. The van der Waals surface area contributed by atoms with E-state index in [1.165, 1.54) is 0 Å². The van der Waals surface area contributed by atoms with E-state index in [4.69, 9.17) is 0 Å². The largest absolute Gasteiger partial charge is 0.347 e. The van der Waals surface area contributed by atoms with Crippen LogP contribution in [0, 0.1) is 0 Å². The SMILES string of the molecule is Cn1ccnc(N2CCC=C(c3ccccn3)C2)c1=O. The fourth-order valence-electron chi connectivity index (χ4n) is 2.36. The van der Waals surface area contributed by atoms with E-state index >= 15 is 0 Å². The summed E-state index contributed by atoms with van der Waals surface area (Å²) >= 11 is 0. The number of hydrogen-bond acceptors (Lipinski definition) is 4. The first-order chi connectivity index (χ1) is 9.75. The van der Waals surface area contributed by atoms with Gasteiger partial charge in [0, 0.05) is 38.7 Å². The van der Waals surface area contributed by atoms with Gasteiger partial charge in [0.25, 0.3) is 5.56 Å². The zero-order chi connectivity index (χ0) is 13.9. The fourth-order valence-corrected chi connectivity index (χ4v) is 2.36. The monoisotopic (exact) mass is 268 g/mol. The van der Waals surface area contributed by atoms with Crippen LogP contribution in [0.2, 0.25) is 0 Å². The second-order valence-corrected chi connectivity index (χ2v) is 4.82. The van der Waals surface area contributed by atoms with Crippen molar-refractivity contribution in [2.24, 2.45) is 7.05 Å². The van der Waals surface area contributed by atoms with E-state index in [1.54, 1.807) is 30.2 Å². The van der Waals surface area contributed by atoms with E-state index in [0.29, 0.717) is 12.4 Å². The van der Waals surface area contributed by atoms with Crippen molar-refractivity contribution in [3.63, 3.8) is 0 Å². The standard InChI is InChI=1S/C15H16N4O/c1-18-10-8-17-14(15(18)20)19-9-4-5-12(11-19)13-6-2-3-7-16-13/h2-3,5-8,10H,4,9,11H2,1H3. The second-order valence-electron chi connectivity index (χ2n) is 4.82. The summed E-state index contributed by atoms with van der Waals surface area (Å²) in [4.78, 5) is 22.8. The number of anilines is 1. The molecule has 0 aliphatic carbocycles. The zero-order valence-corrected chi connectivity index (χ0v) is 11.4. The molecule has 0 fully saturated rings. The predicted octanol–water partition coefficient (Wildman–Crippen LogP) is 1.47. The molecule has 0 atom stereocenters. The van der Waals surface area contributed by atoms with Gasteiger partial charge >= 0.3 is 0 Å². The van der Waals surface area contributed by atoms with Gasteiger partial charge in [-0.25, -0.2) is 4.98 Å². The predicted molar refractivity (Wildman–Crippen MR) is 78.5 cm³/mol. The summed E-state index contributed by atoms with van der Waals surface area (Å²) in [5.41, 5.74) is 2.05. The van der Waals surface area contributed by atoms with Gasteiger partial charge in [0.15, 0.2) is 5.82 Å². The van der Waals surface area contributed by atoms with Crippen LogP contribution in [0.1, 0.15) is 12.1 Å². The summed E-state index contributed by atoms with van der Waals surface area (Å²) in [6.45, 7) is 1.48. The van der Waals surface area contributed by atoms with Crippen LogP contribution >= 0.6 is 0 Å². The fraction of sp³-hybridized carbons (Fsp3) is 0.267. The molecule has 0 unspecified atom stereocenters. The minimum atomic E-state index is -0.0604. The first-order valence-corrected chi connectivity index (χ1v) is 6.63. The molecule has 0 aromatic carbocycles. The smallest absolute Gasteiger partial charge is 0.293 e. The van der Waals surface area contributed by atoms with Crippen LogP contribution in [0.4, 0.5) is 5.82 Å². The zero-order valence-electron chi connectivity index (χ0n) is 11.4. The van der Waals surface area contributed by atoms with Gasteiger partial charge in [-0.3, -0.25) is 9.78 Å². The average Bonchev–Trinajstić information content (AvgIpc) is 2.51.